The van der Waals surface area contributed by atoms with E-state index < -0.39 is 0 Å². The molecule has 1 aromatic heterocycles. The van der Waals surface area contributed by atoms with Gasteiger partial charge < -0.3 is 19.9 Å². The molecule has 3 rings (SSSR count). The highest BCUT2D eigenvalue weighted by Crippen LogP contribution is 2.13. The number of aromatic nitrogens is 2. The number of guanidine groups is 1. The molecule has 2 aromatic rings. The Kier molecular flexibility index (Phi) is 10.8. The molecule has 0 radical (unpaired) electrons. The topological polar surface area (TPSA) is 69.1 Å². The lowest BCUT2D eigenvalue weighted by atomic mass is 10.2. The van der Waals surface area contributed by atoms with Crippen LogP contribution >= 0.6 is 24.0 Å². The number of nitrogens with zero attached hydrogens (tertiary/aromatic N) is 6. The van der Waals surface area contributed by atoms with Gasteiger partial charge in [0.05, 0.1) is 6.61 Å². The van der Waals surface area contributed by atoms with Crippen LogP contribution in [0.3, 0.4) is 0 Å². The van der Waals surface area contributed by atoms with Crippen molar-refractivity contribution in [1.29, 1.82) is 0 Å². The van der Waals surface area contributed by atoms with Crippen LogP contribution in [0.15, 0.2) is 47.7 Å². The van der Waals surface area contributed by atoms with Gasteiger partial charge in [0.2, 0.25) is 5.95 Å². The molecule has 1 fully saturated rings. The summed E-state index contributed by atoms with van der Waals surface area (Å²) in [4.78, 5) is 20.0. The maximum Gasteiger partial charge on any atom is 0.225 e. The molecule has 0 bridgehead atoms. The lowest BCUT2D eigenvalue weighted by molar-refractivity contribution is 0.259. The average Bonchev–Trinajstić information content (AvgIpc) is 2.79. The van der Waals surface area contributed by atoms with Gasteiger partial charge >= 0.3 is 0 Å². The van der Waals surface area contributed by atoms with Crippen molar-refractivity contribution in [3.8, 4) is 5.75 Å². The van der Waals surface area contributed by atoms with Crippen LogP contribution in [0, 0.1) is 0 Å². The Bertz CT molecular complexity index is 780. The van der Waals surface area contributed by atoms with Crippen molar-refractivity contribution < 1.29 is 4.74 Å². The molecule has 8 nitrogen and oxygen atoms in total. The molecule has 0 spiro atoms. The fourth-order valence-electron chi connectivity index (χ4n) is 3.54. The third kappa shape index (κ3) is 7.80. The van der Waals surface area contributed by atoms with Gasteiger partial charge in [-0.2, -0.15) is 0 Å². The van der Waals surface area contributed by atoms with Crippen molar-refractivity contribution in [1.82, 2.24) is 25.1 Å². The minimum Gasteiger partial charge on any atom is -0.494 e. The molecule has 9 heteroatoms. The molecule has 1 aliphatic heterocycles. The second-order valence-electron chi connectivity index (χ2n) is 7.28. The number of hydrogen-bond donors (Lipinski definition) is 1. The summed E-state index contributed by atoms with van der Waals surface area (Å²) >= 11 is 0. The molecule has 0 unspecified atom stereocenters. The number of hydrogen-bond acceptors (Lipinski definition) is 6. The van der Waals surface area contributed by atoms with Gasteiger partial charge in [0, 0.05) is 72.3 Å². The summed E-state index contributed by atoms with van der Waals surface area (Å²) in [5.41, 5.74) is 1.23. The van der Waals surface area contributed by atoms with E-state index in [1.807, 2.05) is 32.2 Å². The van der Waals surface area contributed by atoms with Gasteiger partial charge in [0.25, 0.3) is 0 Å². The van der Waals surface area contributed by atoms with Crippen LogP contribution in [0.1, 0.15) is 12.5 Å². The zero-order chi connectivity index (χ0) is 21.2. The van der Waals surface area contributed by atoms with Gasteiger partial charge in [-0.1, -0.05) is 12.1 Å². The lowest BCUT2D eigenvalue weighted by Crippen LogP contribution is -2.49. The molecular formula is C22H34IN7O. The number of ether oxygens (including phenoxy) is 1. The second-order valence-corrected chi connectivity index (χ2v) is 7.28. The van der Waals surface area contributed by atoms with Crippen molar-refractivity contribution in [2.75, 3.05) is 64.9 Å². The minimum absolute atomic E-state index is 0. The first-order chi connectivity index (χ1) is 14.7. The van der Waals surface area contributed by atoms with Crippen LogP contribution in [-0.4, -0.2) is 85.7 Å². The summed E-state index contributed by atoms with van der Waals surface area (Å²) in [5.74, 6) is 2.64. The summed E-state index contributed by atoms with van der Waals surface area (Å²) < 4.78 is 5.51. The Morgan fingerprint density at radius 3 is 2.42 bits per heavy atom. The summed E-state index contributed by atoms with van der Waals surface area (Å²) in [5, 5.41) is 3.48. The Labute approximate surface area is 202 Å². The fourth-order valence-corrected chi connectivity index (χ4v) is 3.54. The third-order valence-corrected chi connectivity index (χ3v) is 5.15. The van der Waals surface area contributed by atoms with E-state index in [1.165, 1.54) is 5.56 Å². The van der Waals surface area contributed by atoms with Crippen molar-refractivity contribution >= 4 is 35.9 Å². The van der Waals surface area contributed by atoms with Crippen LogP contribution in [-0.2, 0) is 6.54 Å². The number of halogens is 1. The highest BCUT2D eigenvalue weighted by molar-refractivity contribution is 14.0. The maximum atomic E-state index is 5.51. The Morgan fingerprint density at radius 1 is 1.13 bits per heavy atom. The van der Waals surface area contributed by atoms with Crippen molar-refractivity contribution in [3.63, 3.8) is 0 Å². The number of anilines is 1. The number of benzene rings is 1. The van der Waals surface area contributed by atoms with E-state index in [1.54, 1.807) is 12.4 Å². The standard InChI is InChI=1S/C22H33N7O.HI/c1-4-30-20-8-6-19(7-9-20)18-27(3)21(23-2)26-12-13-28-14-16-29(17-15-28)22-24-10-5-11-25-22;/h5-11H,4,12-18H2,1-3H3,(H,23,26);1H. The Morgan fingerprint density at radius 2 is 1.81 bits per heavy atom. The quantitative estimate of drug-likeness (QED) is 0.314. The Balaban J connectivity index is 0.00000341. The minimum atomic E-state index is 0. The predicted octanol–water partition coefficient (Wildman–Crippen LogP) is 2.32. The first kappa shape index (κ1) is 25.1. The second kappa shape index (κ2) is 13.3. The van der Waals surface area contributed by atoms with E-state index in [0.717, 1.165) is 63.5 Å². The molecule has 0 amide bonds. The molecule has 2 heterocycles. The van der Waals surface area contributed by atoms with Crippen LogP contribution in [0.25, 0.3) is 0 Å². The number of piperazine rings is 1. The zero-order valence-electron chi connectivity index (χ0n) is 18.7. The molecule has 1 aromatic carbocycles. The highest BCUT2D eigenvalue weighted by atomic mass is 127. The molecule has 170 valence electrons. The van der Waals surface area contributed by atoms with Gasteiger partial charge in [-0.15, -0.1) is 24.0 Å². The largest absolute Gasteiger partial charge is 0.494 e. The van der Waals surface area contributed by atoms with E-state index >= 15 is 0 Å². The summed E-state index contributed by atoms with van der Waals surface area (Å²) in [6.07, 6.45) is 3.60. The summed E-state index contributed by atoms with van der Waals surface area (Å²) in [6, 6.07) is 10.1. The zero-order valence-corrected chi connectivity index (χ0v) is 21.0. The SMILES string of the molecule is CCOc1ccc(CN(C)C(=NC)NCCN2CCN(c3ncccn3)CC2)cc1.I. The van der Waals surface area contributed by atoms with Gasteiger partial charge in [-0.3, -0.25) is 9.89 Å². The van der Waals surface area contributed by atoms with Crippen LogP contribution < -0.4 is 15.0 Å². The average molecular weight is 539 g/mol. The van der Waals surface area contributed by atoms with Crippen molar-refractivity contribution in [2.45, 2.75) is 13.5 Å². The molecule has 1 N–H and O–H groups in total. The predicted molar refractivity (Wildman–Crippen MR) is 137 cm³/mol. The highest BCUT2D eigenvalue weighted by Gasteiger charge is 2.18. The van der Waals surface area contributed by atoms with Crippen LogP contribution in [0.2, 0.25) is 0 Å². The van der Waals surface area contributed by atoms with Gasteiger partial charge in [0.15, 0.2) is 5.96 Å². The van der Waals surface area contributed by atoms with Gasteiger partial charge in [0.1, 0.15) is 5.75 Å². The lowest BCUT2D eigenvalue weighted by Gasteiger charge is -2.34. The molecular weight excluding hydrogens is 505 g/mol. The monoisotopic (exact) mass is 539 g/mol. The first-order valence-electron chi connectivity index (χ1n) is 10.6. The van der Waals surface area contributed by atoms with E-state index in [2.05, 4.69) is 54.2 Å². The van der Waals surface area contributed by atoms with Crippen LogP contribution in [0.4, 0.5) is 5.95 Å². The molecule has 1 aliphatic rings. The van der Waals surface area contributed by atoms with Gasteiger partial charge in [-0.05, 0) is 30.7 Å². The first-order valence-corrected chi connectivity index (χ1v) is 10.6. The molecule has 0 aliphatic carbocycles. The number of rotatable bonds is 8. The molecule has 0 saturated carbocycles. The summed E-state index contributed by atoms with van der Waals surface area (Å²) in [7, 11) is 3.89. The van der Waals surface area contributed by atoms with Crippen molar-refractivity contribution in [2.24, 2.45) is 4.99 Å². The summed E-state index contributed by atoms with van der Waals surface area (Å²) in [6.45, 7) is 9.26. The van der Waals surface area contributed by atoms with Crippen molar-refractivity contribution in [3.05, 3.63) is 48.3 Å². The van der Waals surface area contributed by atoms with Gasteiger partial charge in [-0.25, -0.2) is 9.97 Å². The normalized spacial score (nSPS) is 14.7. The van der Waals surface area contributed by atoms with E-state index in [4.69, 9.17) is 4.74 Å². The molecule has 31 heavy (non-hydrogen) atoms. The third-order valence-electron chi connectivity index (χ3n) is 5.15. The molecule has 0 atom stereocenters. The number of nitrogens with one attached hydrogen (secondary N) is 1. The fraction of sp³-hybridized carbons (Fsp3) is 0.500. The molecule has 1 saturated heterocycles. The van der Waals surface area contributed by atoms with E-state index in [0.29, 0.717) is 6.61 Å². The maximum absolute atomic E-state index is 5.51. The Hall–Kier alpha value is -2.14. The van der Waals surface area contributed by atoms with Crippen LogP contribution in [0.5, 0.6) is 5.75 Å². The number of aliphatic imine (C=N–C) groups is 1. The smallest absolute Gasteiger partial charge is 0.225 e. The van der Waals surface area contributed by atoms with E-state index in [-0.39, 0.29) is 24.0 Å². The van der Waals surface area contributed by atoms with E-state index in [9.17, 15) is 0 Å².